The van der Waals surface area contributed by atoms with Gasteiger partial charge in [0, 0.05) is 30.4 Å². The molecule has 0 bridgehead atoms. The zero-order valence-corrected chi connectivity index (χ0v) is 15.9. The minimum atomic E-state index is 0.0950. The monoisotopic (exact) mass is 368 g/mol. The van der Waals surface area contributed by atoms with Crippen LogP contribution in [0.25, 0.3) is 21.8 Å². The van der Waals surface area contributed by atoms with Crippen LogP contribution < -0.4 is 5.43 Å². The molecule has 0 atom stereocenters. The van der Waals surface area contributed by atoms with Gasteiger partial charge >= 0.3 is 0 Å². The van der Waals surface area contributed by atoms with Crippen molar-refractivity contribution in [3.8, 4) is 0 Å². The largest absolute Gasteiger partial charge is 0.395 e. The lowest BCUT2D eigenvalue weighted by Gasteiger charge is -2.20. The minimum Gasteiger partial charge on any atom is -0.395 e. The van der Waals surface area contributed by atoms with E-state index in [4.69, 9.17) is 10.2 Å². The number of hydrogen-bond acceptors (Lipinski definition) is 4. The first-order valence-corrected chi connectivity index (χ1v) is 9.61. The molecule has 5 heteroatoms. The van der Waals surface area contributed by atoms with E-state index >= 15 is 0 Å². The van der Waals surface area contributed by atoms with E-state index < -0.39 is 0 Å². The fourth-order valence-corrected chi connectivity index (χ4v) is 3.71. The first-order chi connectivity index (χ1) is 13.2. The molecule has 0 saturated heterocycles. The van der Waals surface area contributed by atoms with E-state index in [-0.39, 0.29) is 18.6 Å². The number of hydrogen-bond donors (Lipinski definition) is 2. The molecule has 0 spiro atoms. The van der Waals surface area contributed by atoms with Gasteiger partial charge in [0.05, 0.1) is 24.2 Å². The Morgan fingerprint density at radius 1 is 0.889 bits per heavy atom. The summed E-state index contributed by atoms with van der Waals surface area (Å²) >= 11 is 0. The lowest BCUT2D eigenvalue weighted by atomic mass is 10.1. The molecule has 2 aromatic carbocycles. The van der Waals surface area contributed by atoms with E-state index in [1.165, 1.54) is 0 Å². The summed E-state index contributed by atoms with van der Waals surface area (Å²) in [5, 5.41) is 19.8. The number of benzene rings is 2. The van der Waals surface area contributed by atoms with Crippen LogP contribution in [0.2, 0.25) is 0 Å². The minimum absolute atomic E-state index is 0.0950. The highest BCUT2D eigenvalue weighted by Crippen LogP contribution is 2.21. The Labute approximate surface area is 159 Å². The molecule has 27 heavy (non-hydrogen) atoms. The number of aliphatic hydroxyl groups excluding tert-OH is 2. The summed E-state index contributed by atoms with van der Waals surface area (Å²) in [6, 6.07) is 13.9. The molecule has 0 saturated carbocycles. The van der Waals surface area contributed by atoms with Crippen molar-refractivity contribution in [2.75, 3.05) is 32.8 Å². The van der Waals surface area contributed by atoms with Crippen LogP contribution in [0.15, 0.2) is 47.3 Å². The fourth-order valence-electron chi connectivity index (χ4n) is 3.71. The van der Waals surface area contributed by atoms with Crippen molar-refractivity contribution in [2.24, 2.45) is 0 Å². The molecule has 0 aliphatic rings. The average Bonchev–Trinajstić information content (AvgIpc) is 2.68. The van der Waals surface area contributed by atoms with Gasteiger partial charge < -0.3 is 14.8 Å². The zero-order chi connectivity index (χ0) is 19.2. The third kappa shape index (κ3) is 4.38. The average molecular weight is 368 g/mol. The lowest BCUT2D eigenvalue weighted by molar-refractivity contribution is 0.159. The molecular weight excluding hydrogens is 340 g/mol. The van der Waals surface area contributed by atoms with E-state index in [1.54, 1.807) is 0 Å². The number of rotatable bonds is 9. The zero-order valence-electron chi connectivity index (χ0n) is 15.9. The third-order valence-electron chi connectivity index (χ3n) is 5.07. The molecule has 1 aromatic heterocycles. The van der Waals surface area contributed by atoms with E-state index in [9.17, 15) is 4.79 Å². The number of fused-ring (bicyclic) bond motifs is 2. The summed E-state index contributed by atoms with van der Waals surface area (Å²) in [5.41, 5.74) is 3.14. The molecule has 0 aliphatic heterocycles. The van der Waals surface area contributed by atoms with Crippen LogP contribution >= 0.6 is 0 Å². The Morgan fingerprint density at radius 2 is 1.59 bits per heavy atom. The third-order valence-corrected chi connectivity index (χ3v) is 5.07. The Hall–Kier alpha value is -2.21. The molecule has 5 nitrogen and oxygen atoms in total. The van der Waals surface area contributed by atoms with Crippen molar-refractivity contribution in [3.63, 3.8) is 0 Å². The molecule has 2 N–H and O–H groups in total. The molecule has 144 valence electrons. The van der Waals surface area contributed by atoms with Crippen molar-refractivity contribution in [1.29, 1.82) is 0 Å². The number of pyridine rings is 1. The van der Waals surface area contributed by atoms with Crippen molar-refractivity contribution in [3.05, 3.63) is 58.3 Å². The number of nitrogens with zero attached hydrogens (tertiary/aromatic N) is 2. The van der Waals surface area contributed by atoms with Gasteiger partial charge in [0.1, 0.15) is 0 Å². The Morgan fingerprint density at radius 3 is 2.33 bits per heavy atom. The molecule has 1 heterocycles. The maximum absolute atomic E-state index is 12.9. The van der Waals surface area contributed by atoms with Crippen LogP contribution in [0, 0.1) is 6.92 Å². The normalized spacial score (nSPS) is 11.7. The van der Waals surface area contributed by atoms with Crippen molar-refractivity contribution < 1.29 is 10.2 Å². The summed E-state index contributed by atoms with van der Waals surface area (Å²) in [4.78, 5) is 15.0. The molecule has 0 radical (unpaired) electrons. The van der Waals surface area contributed by atoms with Crippen molar-refractivity contribution in [1.82, 2.24) is 9.47 Å². The quantitative estimate of drug-likeness (QED) is 0.450. The second kappa shape index (κ2) is 9.13. The van der Waals surface area contributed by atoms with Gasteiger partial charge in [-0.15, -0.1) is 0 Å². The van der Waals surface area contributed by atoms with Crippen LogP contribution in [0.3, 0.4) is 0 Å². The molecular formula is C22H28N2O3. The van der Waals surface area contributed by atoms with Crippen LogP contribution in [0.5, 0.6) is 0 Å². The fraction of sp³-hybridized carbons (Fsp3) is 0.409. The molecule has 0 amide bonds. The summed E-state index contributed by atoms with van der Waals surface area (Å²) in [6.45, 7) is 5.06. The number of aliphatic hydroxyl groups is 2. The second-order valence-electron chi connectivity index (χ2n) is 7.01. The van der Waals surface area contributed by atoms with E-state index in [2.05, 4.69) is 15.5 Å². The Bertz CT molecular complexity index is 959. The first-order valence-electron chi connectivity index (χ1n) is 9.61. The molecule has 0 aliphatic carbocycles. The highest BCUT2D eigenvalue weighted by atomic mass is 16.3. The predicted octanol–water partition coefficient (Wildman–Crippen LogP) is 2.53. The maximum atomic E-state index is 12.9. The number of para-hydroxylation sites is 1. The topological polar surface area (TPSA) is 65.7 Å². The van der Waals surface area contributed by atoms with E-state index in [0.717, 1.165) is 53.3 Å². The summed E-state index contributed by atoms with van der Waals surface area (Å²) in [7, 11) is 0. The van der Waals surface area contributed by atoms with Gasteiger partial charge in [-0.05, 0) is 50.6 Å². The maximum Gasteiger partial charge on any atom is 0.197 e. The van der Waals surface area contributed by atoms with Crippen LogP contribution in [-0.2, 0) is 6.54 Å². The number of unbranched alkanes of at least 4 members (excludes halogenated alkanes) is 1. The molecule has 0 fully saturated rings. The molecule has 3 rings (SSSR count). The number of aromatic nitrogens is 1. The van der Waals surface area contributed by atoms with Crippen molar-refractivity contribution in [2.45, 2.75) is 26.3 Å². The van der Waals surface area contributed by atoms with Gasteiger partial charge in [-0.3, -0.25) is 9.69 Å². The predicted molar refractivity (Wildman–Crippen MR) is 110 cm³/mol. The highest BCUT2D eigenvalue weighted by molar-refractivity contribution is 5.93. The standard InChI is InChI=1S/C22H28N2O3/c1-17-8-9-21-19(16-17)22(27)18-6-2-3-7-20(18)24(21)11-5-4-10-23(12-14-25)13-15-26/h2-3,6-9,16,25-26H,4-5,10-15H2,1H3. The van der Waals surface area contributed by atoms with Crippen LogP contribution in [0.1, 0.15) is 18.4 Å². The Balaban J connectivity index is 1.86. The van der Waals surface area contributed by atoms with Gasteiger partial charge in [-0.25, -0.2) is 0 Å². The van der Waals surface area contributed by atoms with Crippen molar-refractivity contribution >= 4 is 21.8 Å². The van der Waals surface area contributed by atoms with Gasteiger partial charge in [-0.2, -0.15) is 0 Å². The van der Waals surface area contributed by atoms with Gasteiger partial charge in [-0.1, -0.05) is 23.8 Å². The smallest absolute Gasteiger partial charge is 0.197 e. The first kappa shape index (κ1) is 19.5. The molecule has 3 aromatic rings. The molecule has 0 unspecified atom stereocenters. The van der Waals surface area contributed by atoms with Crippen LogP contribution in [-0.4, -0.2) is 52.5 Å². The summed E-state index contributed by atoms with van der Waals surface area (Å²) in [5.74, 6) is 0. The van der Waals surface area contributed by atoms with Gasteiger partial charge in [0.2, 0.25) is 0 Å². The van der Waals surface area contributed by atoms with Gasteiger partial charge in [0.15, 0.2) is 5.43 Å². The van der Waals surface area contributed by atoms with E-state index in [1.807, 2.05) is 43.3 Å². The lowest BCUT2D eigenvalue weighted by Crippen LogP contribution is -2.31. The summed E-state index contributed by atoms with van der Waals surface area (Å²) < 4.78 is 2.24. The number of aryl methyl sites for hydroxylation is 2. The Kier molecular flexibility index (Phi) is 6.61. The van der Waals surface area contributed by atoms with Gasteiger partial charge in [0.25, 0.3) is 0 Å². The van der Waals surface area contributed by atoms with Crippen LogP contribution in [0.4, 0.5) is 0 Å². The highest BCUT2D eigenvalue weighted by Gasteiger charge is 2.11. The van der Waals surface area contributed by atoms with E-state index in [0.29, 0.717) is 13.1 Å². The second-order valence-corrected chi connectivity index (χ2v) is 7.01. The SMILES string of the molecule is Cc1ccc2c(c1)c(=O)c1ccccc1n2CCCCN(CCO)CCO. The summed E-state index contributed by atoms with van der Waals surface area (Å²) in [6.07, 6.45) is 1.93.